The van der Waals surface area contributed by atoms with Gasteiger partial charge < -0.3 is 22.3 Å². The number of aryl methyl sites for hydroxylation is 2. The Kier molecular flexibility index (Phi) is 6.67. The lowest BCUT2D eigenvalue weighted by atomic mass is 10.00. The van der Waals surface area contributed by atoms with Gasteiger partial charge in [0.1, 0.15) is 18.5 Å². The average molecular weight is 347 g/mol. The lowest BCUT2D eigenvalue weighted by Gasteiger charge is -2.30. The number of aliphatic hydroxyl groups is 1. The summed E-state index contributed by atoms with van der Waals surface area (Å²) in [6, 6.07) is 14.7. The van der Waals surface area contributed by atoms with Gasteiger partial charge in [-0.1, -0.05) is 42.5 Å². The second-order valence-corrected chi connectivity index (χ2v) is 6.44. The zero-order valence-electron chi connectivity index (χ0n) is 14.3. The van der Waals surface area contributed by atoms with Crippen LogP contribution < -0.4 is 17.1 Å². The summed E-state index contributed by atoms with van der Waals surface area (Å²) in [5.74, 6) is 0.899. The molecule has 24 heavy (non-hydrogen) atoms. The molecule has 0 fully saturated rings. The number of hydrogen-bond acceptors (Lipinski definition) is 3. The molecule has 2 aromatic rings. The molecule has 1 atom stereocenters. The molecule has 0 bridgehead atoms. The van der Waals surface area contributed by atoms with Crippen LogP contribution in [-0.4, -0.2) is 35.8 Å². The van der Waals surface area contributed by atoms with Crippen molar-refractivity contribution in [2.45, 2.75) is 32.9 Å². The highest BCUT2D eigenvalue weighted by Crippen LogP contribution is 2.23. The van der Waals surface area contributed by atoms with Gasteiger partial charge in [0.25, 0.3) is 0 Å². The Morgan fingerprint density at radius 2 is 1.71 bits per heavy atom. The van der Waals surface area contributed by atoms with Gasteiger partial charge in [0.15, 0.2) is 0 Å². The van der Waals surface area contributed by atoms with Gasteiger partial charge in [-0.2, -0.15) is 0 Å². The molecule has 0 saturated heterocycles. The number of halogens is 1. The van der Waals surface area contributed by atoms with Crippen LogP contribution >= 0.6 is 0 Å². The van der Waals surface area contributed by atoms with E-state index in [0.29, 0.717) is 13.2 Å². The first-order valence-corrected chi connectivity index (χ1v) is 8.29. The number of hydrogen-bond donors (Lipinski definition) is 1. The van der Waals surface area contributed by atoms with E-state index in [1.807, 2.05) is 32.0 Å². The molecule has 0 spiro atoms. The molecule has 0 saturated carbocycles. The molecular formula is C20H25ClNO2-. The van der Waals surface area contributed by atoms with Crippen molar-refractivity contribution in [3.05, 3.63) is 64.7 Å². The maximum atomic E-state index is 10.3. The quantitative estimate of drug-likeness (QED) is 0.834. The second kappa shape index (κ2) is 8.52. The summed E-state index contributed by atoms with van der Waals surface area (Å²) in [6.45, 7) is 6.98. The highest BCUT2D eigenvalue weighted by Gasteiger charge is 2.19. The highest BCUT2D eigenvalue weighted by molar-refractivity contribution is 5.39. The number of β-amino-alcohol motifs (C(OH)–C–C–N with tert-alkyl or cyclic N) is 1. The SMILES string of the molecule is Cc1cccc(C)c1OCC(O)CN1CCc2ccccc2C1.[Cl-]. The third-order valence-corrected chi connectivity index (χ3v) is 4.51. The topological polar surface area (TPSA) is 32.7 Å². The van der Waals surface area contributed by atoms with Crippen molar-refractivity contribution < 1.29 is 22.3 Å². The van der Waals surface area contributed by atoms with Crippen LogP contribution in [0.15, 0.2) is 42.5 Å². The summed E-state index contributed by atoms with van der Waals surface area (Å²) in [5, 5.41) is 10.3. The summed E-state index contributed by atoms with van der Waals surface area (Å²) < 4.78 is 5.86. The van der Waals surface area contributed by atoms with E-state index in [2.05, 4.69) is 29.2 Å². The number of para-hydroxylation sites is 1. The fraction of sp³-hybridized carbons (Fsp3) is 0.400. The number of ether oxygens (including phenoxy) is 1. The van der Waals surface area contributed by atoms with Crippen LogP contribution in [0, 0.1) is 13.8 Å². The Morgan fingerprint density at radius 3 is 2.42 bits per heavy atom. The van der Waals surface area contributed by atoms with Crippen molar-refractivity contribution in [2.75, 3.05) is 19.7 Å². The predicted octanol–water partition coefficient (Wildman–Crippen LogP) is 0.105. The Hall–Kier alpha value is -1.55. The number of benzene rings is 2. The fourth-order valence-corrected chi connectivity index (χ4v) is 3.27. The lowest BCUT2D eigenvalue weighted by Crippen LogP contribution is -3.00. The molecule has 0 radical (unpaired) electrons. The third-order valence-electron chi connectivity index (χ3n) is 4.51. The number of fused-ring (bicyclic) bond motifs is 1. The minimum Gasteiger partial charge on any atom is -1.00 e. The Morgan fingerprint density at radius 1 is 1.04 bits per heavy atom. The Labute approximate surface area is 150 Å². The maximum absolute atomic E-state index is 10.3. The van der Waals surface area contributed by atoms with Gasteiger partial charge in [0.05, 0.1) is 0 Å². The van der Waals surface area contributed by atoms with Crippen molar-refractivity contribution in [1.82, 2.24) is 4.90 Å². The normalized spacial score (nSPS) is 15.3. The largest absolute Gasteiger partial charge is 1.00 e. The van der Waals surface area contributed by atoms with E-state index in [9.17, 15) is 5.11 Å². The van der Waals surface area contributed by atoms with Crippen molar-refractivity contribution in [3.63, 3.8) is 0 Å². The van der Waals surface area contributed by atoms with Crippen molar-refractivity contribution >= 4 is 0 Å². The first kappa shape index (κ1) is 18.8. The summed E-state index contributed by atoms with van der Waals surface area (Å²) >= 11 is 0. The molecule has 0 aliphatic carbocycles. The zero-order chi connectivity index (χ0) is 16.2. The molecule has 1 aliphatic heterocycles. The van der Waals surface area contributed by atoms with E-state index in [1.165, 1.54) is 11.1 Å². The molecular weight excluding hydrogens is 322 g/mol. The zero-order valence-corrected chi connectivity index (χ0v) is 15.1. The van der Waals surface area contributed by atoms with Crippen LogP contribution in [0.2, 0.25) is 0 Å². The molecule has 3 rings (SSSR count). The van der Waals surface area contributed by atoms with E-state index in [-0.39, 0.29) is 12.4 Å². The molecule has 1 unspecified atom stereocenters. The van der Waals surface area contributed by atoms with Crippen LogP contribution in [0.1, 0.15) is 22.3 Å². The predicted molar refractivity (Wildman–Crippen MR) is 92.8 cm³/mol. The van der Waals surface area contributed by atoms with Gasteiger partial charge in [-0.25, -0.2) is 0 Å². The van der Waals surface area contributed by atoms with Crippen LogP contribution in [0.25, 0.3) is 0 Å². The van der Waals surface area contributed by atoms with Crippen molar-refractivity contribution in [3.8, 4) is 5.75 Å². The second-order valence-electron chi connectivity index (χ2n) is 6.44. The van der Waals surface area contributed by atoms with Gasteiger partial charge >= 0.3 is 0 Å². The Balaban J connectivity index is 0.00000208. The molecule has 2 aromatic carbocycles. The highest BCUT2D eigenvalue weighted by atomic mass is 35.5. The smallest absolute Gasteiger partial charge is 0.125 e. The number of nitrogens with zero attached hydrogens (tertiary/aromatic N) is 1. The van der Waals surface area contributed by atoms with Crippen molar-refractivity contribution in [1.29, 1.82) is 0 Å². The van der Waals surface area contributed by atoms with Gasteiger partial charge in [0.2, 0.25) is 0 Å². The van der Waals surface area contributed by atoms with E-state index in [1.54, 1.807) is 0 Å². The molecule has 4 heteroatoms. The van der Waals surface area contributed by atoms with Gasteiger partial charge in [-0.15, -0.1) is 0 Å². The maximum Gasteiger partial charge on any atom is 0.125 e. The van der Waals surface area contributed by atoms with Gasteiger partial charge in [-0.05, 0) is 42.5 Å². The van der Waals surface area contributed by atoms with Crippen LogP contribution in [0.4, 0.5) is 0 Å². The minimum absolute atomic E-state index is 0. The summed E-state index contributed by atoms with van der Waals surface area (Å²) in [4.78, 5) is 2.31. The van der Waals surface area contributed by atoms with Crippen molar-refractivity contribution in [2.24, 2.45) is 0 Å². The molecule has 3 nitrogen and oxygen atoms in total. The first-order chi connectivity index (χ1) is 11.1. The molecule has 1 aliphatic rings. The molecule has 130 valence electrons. The molecule has 1 heterocycles. The lowest BCUT2D eigenvalue weighted by molar-refractivity contribution is -0.00000737. The molecule has 1 N–H and O–H groups in total. The standard InChI is InChI=1S/C20H25NO2.ClH/c1-15-6-5-7-16(2)20(15)23-14-19(22)13-21-11-10-17-8-3-4-9-18(17)12-21;/h3-9,19,22H,10-14H2,1-2H3;1H/p-1. The fourth-order valence-electron chi connectivity index (χ4n) is 3.27. The van der Waals surface area contributed by atoms with E-state index >= 15 is 0 Å². The average Bonchev–Trinajstić information content (AvgIpc) is 2.54. The van der Waals surface area contributed by atoms with E-state index < -0.39 is 6.10 Å². The molecule has 0 amide bonds. The summed E-state index contributed by atoms with van der Waals surface area (Å²) in [5.41, 5.74) is 5.04. The van der Waals surface area contributed by atoms with E-state index in [0.717, 1.165) is 36.4 Å². The van der Waals surface area contributed by atoms with Crippen LogP contribution in [0.5, 0.6) is 5.75 Å². The van der Waals surface area contributed by atoms with Gasteiger partial charge in [0, 0.05) is 19.6 Å². The van der Waals surface area contributed by atoms with Gasteiger partial charge in [-0.3, -0.25) is 4.90 Å². The summed E-state index contributed by atoms with van der Waals surface area (Å²) in [7, 11) is 0. The Bertz CT molecular complexity index is 654. The van der Waals surface area contributed by atoms with Crippen LogP contribution in [-0.2, 0) is 13.0 Å². The van der Waals surface area contributed by atoms with E-state index in [4.69, 9.17) is 4.74 Å². The number of aliphatic hydroxyl groups excluding tert-OH is 1. The molecule has 0 aromatic heterocycles. The third kappa shape index (κ3) is 4.50. The monoisotopic (exact) mass is 346 g/mol. The summed E-state index contributed by atoms with van der Waals surface area (Å²) in [6.07, 6.45) is 0.583. The number of rotatable bonds is 5. The minimum atomic E-state index is -0.473. The van der Waals surface area contributed by atoms with Crippen LogP contribution in [0.3, 0.4) is 0 Å². The first-order valence-electron chi connectivity index (χ1n) is 8.29.